The van der Waals surface area contributed by atoms with Gasteiger partial charge < -0.3 is 19.3 Å². The maximum absolute atomic E-state index is 12.6. The molecule has 2 saturated heterocycles. The van der Waals surface area contributed by atoms with Crippen LogP contribution in [0.5, 0.6) is 0 Å². The van der Waals surface area contributed by atoms with Crippen LogP contribution in [0.1, 0.15) is 42.0 Å². The number of carbonyl (C=O) groups is 1. The van der Waals surface area contributed by atoms with Gasteiger partial charge in [0.05, 0.1) is 17.9 Å². The van der Waals surface area contributed by atoms with E-state index in [1.54, 1.807) is 22.7 Å². The fraction of sp³-hybridized carbons (Fsp3) is 0.706. The normalized spacial score (nSPS) is 25.9. The molecule has 1 atom stereocenters. The van der Waals surface area contributed by atoms with Crippen molar-refractivity contribution in [2.24, 2.45) is 0 Å². The van der Waals surface area contributed by atoms with Crippen LogP contribution in [0.3, 0.4) is 0 Å². The second-order valence-corrected chi connectivity index (χ2v) is 7.60. The number of furan rings is 1. The van der Waals surface area contributed by atoms with Gasteiger partial charge in [0.25, 0.3) is 5.91 Å². The van der Waals surface area contributed by atoms with Crippen LogP contribution >= 0.6 is 11.8 Å². The average Bonchev–Trinajstić information content (AvgIpc) is 3.18. The standard InChI is InChI=1S/C17H26N2O3S/c1-23-11-14-5-6-15(22-14)16(20)19-10-4-7-17(21,13-19)12-18-8-2-3-9-18/h5-6,21H,2-4,7-13H2,1H3/t17-/m0/s1. The van der Waals surface area contributed by atoms with Gasteiger partial charge in [-0.15, -0.1) is 0 Å². The van der Waals surface area contributed by atoms with Crippen molar-refractivity contribution in [2.45, 2.75) is 37.0 Å². The van der Waals surface area contributed by atoms with Crippen LogP contribution in [0.2, 0.25) is 0 Å². The minimum atomic E-state index is -0.785. The minimum absolute atomic E-state index is 0.100. The van der Waals surface area contributed by atoms with Crippen molar-refractivity contribution < 1.29 is 14.3 Å². The number of amides is 1. The number of aliphatic hydroxyl groups is 1. The predicted molar refractivity (Wildman–Crippen MR) is 91.7 cm³/mol. The van der Waals surface area contributed by atoms with E-state index in [2.05, 4.69) is 4.90 Å². The number of thioether (sulfide) groups is 1. The zero-order valence-corrected chi connectivity index (χ0v) is 14.6. The van der Waals surface area contributed by atoms with Gasteiger partial charge in [-0.1, -0.05) is 0 Å². The number of hydrogen-bond donors (Lipinski definition) is 1. The Hall–Kier alpha value is -0.980. The summed E-state index contributed by atoms with van der Waals surface area (Å²) in [5.41, 5.74) is -0.785. The molecule has 1 amide bonds. The molecule has 0 bridgehead atoms. The van der Waals surface area contributed by atoms with E-state index in [1.165, 1.54) is 12.8 Å². The zero-order valence-electron chi connectivity index (χ0n) is 13.8. The first-order valence-electron chi connectivity index (χ1n) is 8.41. The summed E-state index contributed by atoms with van der Waals surface area (Å²) in [6.07, 6.45) is 6.04. The summed E-state index contributed by atoms with van der Waals surface area (Å²) in [5, 5.41) is 10.9. The summed E-state index contributed by atoms with van der Waals surface area (Å²) >= 11 is 1.67. The van der Waals surface area contributed by atoms with Crippen molar-refractivity contribution in [3.8, 4) is 0 Å². The van der Waals surface area contributed by atoms with Crippen LogP contribution in [0.4, 0.5) is 0 Å². The van der Waals surface area contributed by atoms with E-state index in [0.717, 1.165) is 37.4 Å². The molecule has 0 spiro atoms. The van der Waals surface area contributed by atoms with Crippen molar-refractivity contribution in [3.63, 3.8) is 0 Å². The van der Waals surface area contributed by atoms with Crippen molar-refractivity contribution in [1.29, 1.82) is 0 Å². The first-order valence-corrected chi connectivity index (χ1v) is 9.81. The Balaban J connectivity index is 1.63. The van der Waals surface area contributed by atoms with Crippen LogP contribution in [0.15, 0.2) is 16.5 Å². The molecule has 1 aromatic heterocycles. The zero-order chi connectivity index (χ0) is 16.3. The molecule has 23 heavy (non-hydrogen) atoms. The second-order valence-electron chi connectivity index (χ2n) is 6.74. The largest absolute Gasteiger partial charge is 0.455 e. The van der Waals surface area contributed by atoms with Gasteiger partial charge in [-0.25, -0.2) is 0 Å². The number of rotatable bonds is 5. The number of nitrogens with zero attached hydrogens (tertiary/aromatic N) is 2. The molecule has 5 nitrogen and oxygen atoms in total. The van der Waals surface area contributed by atoms with Crippen LogP contribution in [-0.2, 0) is 5.75 Å². The summed E-state index contributed by atoms with van der Waals surface area (Å²) in [4.78, 5) is 16.7. The predicted octanol–water partition coefficient (Wildman–Crippen LogP) is 2.21. The van der Waals surface area contributed by atoms with Gasteiger partial charge in [0.2, 0.25) is 0 Å². The molecule has 1 aromatic rings. The smallest absolute Gasteiger partial charge is 0.289 e. The van der Waals surface area contributed by atoms with E-state index >= 15 is 0 Å². The van der Waals surface area contributed by atoms with Gasteiger partial charge in [0, 0.05) is 13.1 Å². The Morgan fingerprint density at radius 2 is 2.09 bits per heavy atom. The van der Waals surface area contributed by atoms with Crippen LogP contribution in [-0.4, -0.2) is 65.4 Å². The number of carbonyl (C=O) groups excluding carboxylic acids is 1. The molecule has 3 heterocycles. The Labute approximate surface area is 142 Å². The van der Waals surface area contributed by atoms with Crippen LogP contribution < -0.4 is 0 Å². The molecule has 2 aliphatic rings. The molecule has 2 fully saturated rings. The molecule has 0 unspecified atom stereocenters. The molecule has 6 heteroatoms. The Kier molecular flexibility index (Phi) is 5.34. The second kappa shape index (κ2) is 7.28. The molecule has 0 aliphatic carbocycles. The van der Waals surface area contributed by atoms with E-state index in [1.807, 2.05) is 12.3 Å². The van der Waals surface area contributed by atoms with Crippen molar-refractivity contribution in [3.05, 3.63) is 23.7 Å². The summed E-state index contributed by atoms with van der Waals surface area (Å²) < 4.78 is 5.64. The topological polar surface area (TPSA) is 56.9 Å². The van der Waals surface area contributed by atoms with Gasteiger partial charge in [-0.3, -0.25) is 4.79 Å². The summed E-state index contributed by atoms with van der Waals surface area (Å²) in [7, 11) is 0. The third kappa shape index (κ3) is 4.11. The lowest BCUT2D eigenvalue weighted by Crippen LogP contribution is -2.55. The molecule has 3 rings (SSSR count). The Morgan fingerprint density at radius 3 is 2.83 bits per heavy atom. The highest BCUT2D eigenvalue weighted by Crippen LogP contribution is 2.26. The summed E-state index contributed by atoms with van der Waals surface area (Å²) in [5.74, 6) is 1.88. The third-order valence-corrected chi connectivity index (χ3v) is 5.29. The van der Waals surface area contributed by atoms with E-state index in [-0.39, 0.29) is 5.91 Å². The van der Waals surface area contributed by atoms with Gasteiger partial charge in [-0.05, 0) is 57.2 Å². The average molecular weight is 338 g/mol. The molecule has 0 saturated carbocycles. The van der Waals surface area contributed by atoms with Crippen LogP contribution in [0, 0.1) is 0 Å². The summed E-state index contributed by atoms with van der Waals surface area (Å²) in [6.45, 7) is 3.90. The van der Waals surface area contributed by atoms with E-state index in [0.29, 0.717) is 25.4 Å². The van der Waals surface area contributed by atoms with E-state index < -0.39 is 5.60 Å². The molecule has 0 radical (unpaired) electrons. The fourth-order valence-corrected chi connectivity index (χ4v) is 4.08. The van der Waals surface area contributed by atoms with Gasteiger partial charge in [0.15, 0.2) is 5.76 Å². The van der Waals surface area contributed by atoms with Gasteiger partial charge >= 0.3 is 0 Å². The molecular weight excluding hydrogens is 312 g/mol. The monoisotopic (exact) mass is 338 g/mol. The highest BCUT2D eigenvalue weighted by atomic mass is 32.2. The van der Waals surface area contributed by atoms with E-state index in [4.69, 9.17) is 4.42 Å². The highest BCUT2D eigenvalue weighted by Gasteiger charge is 2.38. The number of β-amino-alcohol motifs (C(OH)–C–C–N with tert-alkyl or cyclic N) is 1. The Bertz CT molecular complexity index is 542. The minimum Gasteiger partial charge on any atom is -0.455 e. The highest BCUT2D eigenvalue weighted by molar-refractivity contribution is 7.97. The molecular formula is C17H26N2O3S. The molecule has 1 N–H and O–H groups in total. The first-order chi connectivity index (χ1) is 11.1. The Morgan fingerprint density at radius 1 is 1.30 bits per heavy atom. The third-order valence-electron chi connectivity index (χ3n) is 4.72. The number of hydrogen-bond acceptors (Lipinski definition) is 5. The molecule has 128 valence electrons. The molecule has 0 aromatic carbocycles. The maximum Gasteiger partial charge on any atom is 0.289 e. The van der Waals surface area contributed by atoms with E-state index in [9.17, 15) is 9.90 Å². The van der Waals surface area contributed by atoms with Gasteiger partial charge in [0.1, 0.15) is 5.76 Å². The number of piperidine rings is 1. The summed E-state index contributed by atoms with van der Waals surface area (Å²) in [6, 6.07) is 3.62. The maximum atomic E-state index is 12.6. The first kappa shape index (κ1) is 16.9. The SMILES string of the molecule is CSCc1ccc(C(=O)N2CCC[C@](O)(CN3CCCC3)C2)o1. The van der Waals surface area contributed by atoms with Crippen LogP contribution in [0.25, 0.3) is 0 Å². The molecule has 2 aliphatic heterocycles. The van der Waals surface area contributed by atoms with Crippen molar-refractivity contribution >= 4 is 17.7 Å². The van der Waals surface area contributed by atoms with Crippen molar-refractivity contribution in [1.82, 2.24) is 9.80 Å². The fourth-order valence-electron chi connectivity index (χ4n) is 3.64. The lowest BCUT2D eigenvalue weighted by Gasteiger charge is -2.40. The van der Waals surface area contributed by atoms with Crippen molar-refractivity contribution in [2.75, 3.05) is 39.0 Å². The lowest BCUT2D eigenvalue weighted by molar-refractivity contribution is -0.0437. The quantitative estimate of drug-likeness (QED) is 0.892. The lowest BCUT2D eigenvalue weighted by atomic mass is 9.92. The van der Waals surface area contributed by atoms with Gasteiger partial charge in [-0.2, -0.15) is 11.8 Å². The number of likely N-dealkylation sites (tertiary alicyclic amines) is 2.